The Balaban J connectivity index is 2.07. The Kier molecular flexibility index (Phi) is 5.89. The molecule has 0 radical (unpaired) electrons. The van der Waals surface area contributed by atoms with E-state index >= 15 is 0 Å². The highest BCUT2D eigenvalue weighted by atomic mass is 19.4. The number of hydrogen-bond acceptors (Lipinski definition) is 4. The fourth-order valence-corrected chi connectivity index (χ4v) is 3.11. The van der Waals surface area contributed by atoms with Gasteiger partial charge in [-0.15, -0.1) is 13.2 Å². The summed E-state index contributed by atoms with van der Waals surface area (Å²) in [6.45, 7) is -0.375. The highest BCUT2D eigenvalue weighted by Gasteiger charge is 2.41. The van der Waals surface area contributed by atoms with Gasteiger partial charge in [0.2, 0.25) is 5.91 Å². The summed E-state index contributed by atoms with van der Waals surface area (Å²) in [6.07, 6.45) is -10.1. The summed E-state index contributed by atoms with van der Waals surface area (Å²) in [5.74, 6) is -3.20. The molecule has 0 saturated carbocycles. The molecule has 7 nitrogen and oxygen atoms in total. The lowest BCUT2D eigenvalue weighted by Crippen LogP contribution is -2.39. The number of nitrogens with two attached hydrogens (primary N) is 1. The van der Waals surface area contributed by atoms with Crippen molar-refractivity contribution in [3.05, 3.63) is 59.2 Å². The van der Waals surface area contributed by atoms with E-state index in [4.69, 9.17) is 5.73 Å². The van der Waals surface area contributed by atoms with Crippen LogP contribution in [0.15, 0.2) is 36.4 Å². The molecule has 0 aliphatic carbocycles. The Morgan fingerprint density at radius 2 is 1.75 bits per heavy atom. The molecular formula is C18H13F7N4O3. The second kappa shape index (κ2) is 8.16. The predicted molar refractivity (Wildman–Crippen MR) is 92.4 cm³/mol. The van der Waals surface area contributed by atoms with Crippen LogP contribution in [0.2, 0.25) is 0 Å². The molecular weight excluding hydrogens is 453 g/mol. The maximum absolute atomic E-state index is 13.7. The fraction of sp³-hybridized carbons (Fsp3) is 0.278. The number of carbonyl (C=O) groups is 2. The topological polar surface area (TPSA) is 97.6 Å². The molecule has 14 heteroatoms. The Morgan fingerprint density at radius 1 is 1.12 bits per heavy atom. The number of ether oxygens (including phenoxy) is 1. The smallest absolute Gasteiger partial charge is 0.406 e. The molecule has 2 aromatic rings. The van der Waals surface area contributed by atoms with E-state index in [1.54, 1.807) is 0 Å². The van der Waals surface area contributed by atoms with E-state index in [0.717, 1.165) is 35.2 Å². The lowest BCUT2D eigenvalue weighted by molar-refractivity contribution is -0.274. The van der Waals surface area contributed by atoms with Crippen molar-refractivity contribution in [2.24, 2.45) is 5.73 Å². The first kappa shape index (κ1) is 23.1. The number of amides is 3. The molecule has 172 valence electrons. The van der Waals surface area contributed by atoms with Gasteiger partial charge < -0.3 is 20.7 Å². The number of aromatic nitrogens is 1. The van der Waals surface area contributed by atoms with Gasteiger partial charge in [0.1, 0.15) is 17.8 Å². The molecule has 32 heavy (non-hydrogen) atoms. The van der Waals surface area contributed by atoms with Crippen molar-refractivity contribution in [3.8, 4) is 5.75 Å². The summed E-state index contributed by atoms with van der Waals surface area (Å²) in [7, 11) is 0. The summed E-state index contributed by atoms with van der Waals surface area (Å²) < 4.78 is 94.1. The van der Waals surface area contributed by atoms with Crippen LogP contribution in [-0.4, -0.2) is 40.8 Å². The van der Waals surface area contributed by atoms with Gasteiger partial charge in [0.15, 0.2) is 11.5 Å². The highest BCUT2D eigenvalue weighted by Crippen LogP contribution is 2.35. The van der Waals surface area contributed by atoms with Gasteiger partial charge in [0.25, 0.3) is 0 Å². The van der Waals surface area contributed by atoms with Gasteiger partial charge in [-0.1, -0.05) is 12.1 Å². The largest absolute Gasteiger partial charge is 0.573 e. The van der Waals surface area contributed by atoms with E-state index in [1.807, 2.05) is 0 Å². The zero-order chi connectivity index (χ0) is 23.8. The number of rotatable bonds is 5. The van der Waals surface area contributed by atoms with Gasteiger partial charge in [0, 0.05) is 0 Å². The standard InChI is InChI=1S/C18H13F7N4O3/c19-10-5-6-11(27-14(10)17(20,21)22)13(29-7-12(15(26)30)28-16(29)31)8-1-3-9(4-2-8)32-18(23,24)25/h1-6,12-13H,7H2,(H2,26,30)(H,28,31)/t12?,13-/m0/s1. The molecule has 0 spiro atoms. The van der Waals surface area contributed by atoms with Crippen molar-refractivity contribution in [1.29, 1.82) is 0 Å². The van der Waals surface area contributed by atoms with Gasteiger partial charge in [-0.05, 0) is 29.8 Å². The lowest BCUT2D eigenvalue weighted by Gasteiger charge is -2.27. The molecule has 1 aromatic carbocycles. The number of nitrogens with one attached hydrogen (secondary N) is 1. The minimum Gasteiger partial charge on any atom is -0.406 e. The van der Waals surface area contributed by atoms with Gasteiger partial charge in [-0.2, -0.15) is 13.2 Å². The number of hydrogen-bond donors (Lipinski definition) is 2. The minimum absolute atomic E-state index is 0.0204. The first-order valence-electron chi connectivity index (χ1n) is 8.72. The maximum Gasteiger partial charge on any atom is 0.573 e. The Morgan fingerprint density at radius 3 is 2.25 bits per heavy atom. The van der Waals surface area contributed by atoms with Crippen LogP contribution in [0.25, 0.3) is 0 Å². The zero-order valence-corrected chi connectivity index (χ0v) is 15.7. The van der Waals surface area contributed by atoms with Crippen LogP contribution in [0.4, 0.5) is 35.5 Å². The summed E-state index contributed by atoms with van der Waals surface area (Å²) in [4.78, 5) is 28.0. The highest BCUT2D eigenvalue weighted by molar-refractivity contribution is 5.89. The van der Waals surface area contributed by atoms with Crippen molar-refractivity contribution in [1.82, 2.24) is 15.2 Å². The zero-order valence-electron chi connectivity index (χ0n) is 15.7. The van der Waals surface area contributed by atoms with Gasteiger partial charge in [-0.25, -0.2) is 14.2 Å². The van der Waals surface area contributed by atoms with E-state index in [-0.39, 0.29) is 12.1 Å². The lowest BCUT2D eigenvalue weighted by atomic mass is 10.0. The van der Waals surface area contributed by atoms with Crippen molar-refractivity contribution < 1.29 is 45.1 Å². The molecule has 1 fully saturated rings. The van der Waals surface area contributed by atoms with Crippen LogP contribution >= 0.6 is 0 Å². The maximum atomic E-state index is 13.7. The SMILES string of the molecule is NC(=O)C1CN([C@@H](c2ccc(OC(F)(F)F)cc2)c2ccc(F)c(C(F)(F)F)n2)C(=O)N1. The molecule has 0 bridgehead atoms. The van der Waals surface area contributed by atoms with Crippen LogP contribution < -0.4 is 15.8 Å². The number of primary amides is 1. The quantitative estimate of drug-likeness (QED) is 0.662. The van der Waals surface area contributed by atoms with Crippen LogP contribution in [0.3, 0.4) is 0 Å². The average molecular weight is 466 g/mol. The second-order valence-corrected chi connectivity index (χ2v) is 6.64. The summed E-state index contributed by atoms with van der Waals surface area (Å²) in [5.41, 5.74) is 2.90. The molecule has 3 amide bonds. The van der Waals surface area contributed by atoms with Crippen LogP contribution in [0.5, 0.6) is 5.75 Å². The Bertz CT molecular complexity index is 1020. The van der Waals surface area contributed by atoms with Gasteiger partial charge >= 0.3 is 18.6 Å². The number of nitrogens with zero attached hydrogens (tertiary/aromatic N) is 2. The van der Waals surface area contributed by atoms with Gasteiger partial charge in [-0.3, -0.25) is 4.79 Å². The summed E-state index contributed by atoms with van der Waals surface area (Å²) in [6, 6.07) is 1.78. The minimum atomic E-state index is -5.15. The van der Waals surface area contributed by atoms with Crippen LogP contribution in [0.1, 0.15) is 23.0 Å². The van der Waals surface area contributed by atoms with Gasteiger partial charge in [0.05, 0.1) is 12.2 Å². The summed E-state index contributed by atoms with van der Waals surface area (Å²) >= 11 is 0. The molecule has 1 aromatic heterocycles. The van der Waals surface area contributed by atoms with Crippen LogP contribution in [-0.2, 0) is 11.0 Å². The first-order chi connectivity index (χ1) is 14.8. The van der Waals surface area contributed by atoms with E-state index in [1.165, 1.54) is 0 Å². The van der Waals surface area contributed by atoms with E-state index in [9.17, 15) is 40.3 Å². The van der Waals surface area contributed by atoms with E-state index in [2.05, 4.69) is 15.0 Å². The molecule has 2 atom stereocenters. The van der Waals surface area contributed by atoms with Crippen molar-refractivity contribution >= 4 is 11.9 Å². The predicted octanol–water partition coefficient (Wildman–Crippen LogP) is 3.11. The summed E-state index contributed by atoms with van der Waals surface area (Å²) in [5, 5.41) is 2.24. The normalized spacial score (nSPS) is 17.8. The van der Waals surface area contributed by atoms with Crippen molar-refractivity contribution in [2.45, 2.75) is 24.6 Å². The van der Waals surface area contributed by atoms with E-state index in [0.29, 0.717) is 6.07 Å². The van der Waals surface area contributed by atoms with Crippen molar-refractivity contribution in [2.75, 3.05) is 6.54 Å². The third kappa shape index (κ3) is 5.00. The third-order valence-corrected chi connectivity index (χ3v) is 4.44. The molecule has 1 saturated heterocycles. The number of benzene rings is 1. The Hall–Kier alpha value is -3.58. The van der Waals surface area contributed by atoms with Crippen molar-refractivity contribution in [3.63, 3.8) is 0 Å². The molecule has 2 heterocycles. The van der Waals surface area contributed by atoms with Crippen LogP contribution in [0, 0.1) is 5.82 Å². The number of urea groups is 1. The second-order valence-electron chi connectivity index (χ2n) is 6.64. The molecule has 1 aliphatic heterocycles. The first-order valence-corrected chi connectivity index (χ1v) is 8.72. The Labute approximate surface area is 175 Å². The fourth-order valence-electron chi connectivity index (χ4n) is 3.11. The van der Waals surface area contributed by atoms with E-state index < -0.39 is 59.5 Å². The average Bonchev–Trinajstić information content (AvgIpc) is 3.04. The third-order valence-electron chi connectivity index (χ3n) is 4.44. The number of pyridine rings is 1. The molecule has 3 N–H and O–H groups in total. The number of carbonyl (C=O) groups excluding carboxylic acids is 2. The molecule has 1 unspecified atom stereocenters. The monoisotopic (exact) mass is 466 g/mol. The molecule has 1 aliphatic rings. The number of halogens is 7. The molecule has 3 rings (SSSR count). The number of alkyl halides is 6.